The van der Waals surface area contributed by atoms with Gasteiger partial charge in [0.2, 0.25) is 0 Å². The first-order valence-corrected chi connectivity index (χ1v) is 6.03. The Morgan fingerprint density at radius 3 is 2.83 bits per heavy atom. The van der Waals surface area contributed by atoms with Gasteiger partial charge in [0.25, 0.3) is 11.8 Å². The monoisotopic (exact) mass is 265 g/mol. The van der Waals surface area contributed by atoms with Crippen LogP contribution in [0.15, 0.2) is 21.9 Å². The summed E-state index contributed by atoms with van der Waals surface area (Å²) in [4.78, 5) is 26.4. The van der Waals surface area contributed by atoms with Gasteiger partial charge in [0.05, 0.1) is 6.54 Å². The van der Waals surface area contributed by atoms with Crippen molar-refractivity contribution in [3.8, 4) is 0 Å². The van der Waals surface area contributed by atoms with Crippen LogP contribution in [0.1, 0.15) is 31.8 Å². The van der Waals surface area contributed by atoms with Crippen LogP contribution in [0.25, 0.3) is 0 Å². The zero-order valence-electron chi connectivity index (χ0n) is 9.60. The fraction of sp³-hybridized carbons (Fsp3) is 0.182. The van der Waals surface area contributed by atoms with Gasteiger partial charge < -0.3 is 15.5 Å². The Kier molecular flexibility index (Phi) is 3.42. The number of aromatic nitrogens is 1. The smallest absolute Gasteiger partial charge is 0.277 e. The number of rotatable bonds is 4. The van der Waals surface area contributed by atoms with Crippen molar-refractivity contribution in [1.29, 1.82) is 0 Å². The molecule has 2 heterocycles. The summed E-state index contributed by atoms with van der Waals surface area (Å²) in [5.74, 6) is 0.434. The second-order valence-electron chi connectivity index (χ2n) is 3.60. The third-order valence-electron chi connectivity index (χ3n) is 2.17. The summed E-state index contributed by atoms with van der Waals surface area (Å²) in [6, 6.07) is 3.60. The van der Waals surface area contributed by atoms with Crippen molar-refractivity contribution in [3.63, 3.8) is 0 Å². The van der Waals surface area contributed by atoms with E-state index in [0.29, 0.717) is 5.76 Å². The number of furan rings is 1. The molecule has 2 aromatic rings. The number of thiazole rings is 1. The molecule has 0 aromatic carbocycles. The second-order valence-corrected chi connectivity index (χ2v) is 4.46. The molecule has 0 aliphatic rings. The highest BCUT2D eigenvalue weighted by molar-refractivity contribution is 7.11. The van der Waals surface area contributed by atoms with Crippen molar-refractivity contribution in [2.45, 2.75) is 13.5 Å². The molecule has 0 spiro atoms. The first-order valence-electron chi connectivity index (χ1n) is 5.15. The molecule has 0 bridgehead atoms. The average molecular weight is 265 g/mol. The summed E-state index contributed by atoms with van der Waals surface area (Å²) >= 11 is 1.04. The van der Waals surface area contributed by atoms with Gasteiger partial charge in [-0.05, 0) is 19.1 Å². The van der Waals surface area contributed by atoms with E-state index < -0.39 is 5.91 Å². The number of carbonyl (C=O) groups is 2. The molecule has 0 radical (unpaired) electrons. The summed E-state index contributed by atoms with van der Waals surface area (Å²) in [6.45, 7) is 2.10. The third-order valence-corrected chi connectivity index (χ3v) is 3.02. The minimum absolute atomic E-state index is 0.119. The Balaban J connectivity index is 1.97. The van der Waals surface area contributed by atoms with Crippen LogP contribution in [-0.4, -0.2) is 16.8 Å². The number of nitrogens with zero attached hydrogens (tertiary/aromatic N) is 1. The van der Waals surface area contributed by atoms with Crippen molar-refractivity contribution < 1.29 is 14.0 Å². The number of primary amides is 1. The van der Waals surface area contributed by atoms with Crippen LogP contribution in [0.5, 0.6) is 0 Å². The van der Waals surface area contributed by atoms with Crippen LogP contribution in [0.4, 0.5) is 0 Å². The van der Waals surface area contributed by atoms with Crippen LogP contribution >= 0.6 is 11.3 Å². The van der Waals surface area contributed by atoms with Crippen molar-refractivity contribution in [2.24, 2.45) is 5.73 Å². The quantitative estimate of drug-likeness (QED) is 0.864. The molecule has 2 aromatic heterocycles. The fourth-order valence-electron chi connectivity index (χ4n) is 1.33. The predicted molar refractivity (Wildman–Crippen MR) is 65.2 cm³/mol. The van der Waals surface area contributed by atoms with Gasteiger partial charge in [-0.2, -0.15) is 0 Å². The van der Waals surface area contributed by atoms with Crippen LogP contribution < -0.4 is 11.1 Å². The number of nitrogens with one attached hydrogen (secondary N) is 1. The molecule has 3 N–H and O–H groups in total. The van der Waals surface area contributed by atoms with E-state index in [1.165, 1.54) is 5.38 Å². The highest BCUT2D eigenvalue weighted by Gasteiger charge is 2.13. The SMILES string of the molecule is Cc1ccc(CNC(=O)c2csc(C(N)=O)n2)o1. The van der Waals surface area contributed by atoms with Crippen LogP contribution in [0, 0.1) is 6.92 Å². The topological polar surface area (TPSA) is 98.2 Å². The molecule has 0 saturated carbocycles. The van der Waals surface area contributed by atoms with Gasteiger partial charge in [-0.3, -0.25) is 9.59 Å². The first kappa shape index (κ1) is 12.3. The van der Waals surface area contributed by atoms with E-state index in [2.05, 4.69) is 10.3 Å². The van der Waals surface area contributed by atoms with E-state index in [0.717, 1.165) is 17.1 Å². The largest absolute Gasteiger partial charge is 0.465 e. The van der Waals surface area contributed by atoms with E-state index in [9.17, 15) is 9.59 Å². The molecule has 0 saturated heterocycles. The predicted octanol–water partition coefficient (Wildman–Crippen LogP) is 1.07. The van der Waals surface area contributed by atoms with Gasteiger partial charge in [0.1, 0.15) is 17.2 Å². The van der Waals surface area contributed by atoms with Crippen molar-refractivity contribution in [2.75, 3.05) is 0 Å². The molecule has 0 aliphatic heterocycles. The maximum absolute atomic E-state index is 11.7. The zero-order valence-corrected chi connectivity index (χ0v) is 10.4. The number of amides is 2. The zero-order chi connectivity index (χ0) is 13.1. The Morgan fingerprint density at radius 2 is 2.28 bits per heavy atom. The normalized spacial score (nSPS) is 10.3. The molecular weight excluding hydrogens is 254 g/mol. The molecule has 7 heteroatoms. The van der Waals surface area contributed by atoms with E-state index in [1.54, 1.807) is 6.07 Å². The van der Waals surface area contributed by atoms with Crippen molar-refractivity contribution >= 4 is 23.2 Å². The van der Waals surface area contributed by atoms with Crippen molar-refractivity contribution in [3.05, 3.63) is 39.7 Å². The standard InChI is InChI=1S/C11H11N3O3S/c1-6-2-3-7(17-6)4-13-10(16)8-5-18-11(14-8)9(12)15/h2-3,5H,4H2,1H3,(H2,12,15)(H,13,16). The Bertz CT molecular complexity index is 588. The number of nitrogens with two attached hydrogens (primary N) is 1. The number of aryl methyl sites for hydroxylation is 1. The highest BCUT2D eigenvalue weighted by atomic mass is 32.1. The first-order chi connectivity index (χ1) is 8.56. The van der Waals surface area contributed by atoms with Crippen LogP contribution in [-0.2, 0) is 6.54 Å². The molecule has 6 nitrogen and oxygen atoms in total. The molecule has 2 amide bonds. The Morgan fingerprint density at radius 1 is 1.50 bits per heavy atom. The second kappa shape index (κ2) is 5.01. The summed E-state index contributed by atoms with van der Waals surface area (Å²) in [7, 11) is 0. The van der Waals surface area contributed by atoms with E-state index >= 15 is 0 Å². The molecule has 0 fully saturated rings. The average Bonchev–Trinajstić information content (AvgIpc) is 2.94. The van der Waals surface area contributed by atoms with Gasteiger partial charge in [0, 0.05) is 5.38 Å². The fourth-order valence-corrected chi connectivity index (χ4v) is 1.98. The molecule has 0 atom stereocenters. The van der Waals surface area contributed by atoms with Crippen LogP contribution in [0.3, 0.4) is 0 Å². The maximum Gasteiger partial charge on any atom is 0.277 e. The summed E-state index contributed by atoms with van der Waals surface area (Å²) in [5, 5.41) is 4.25. The maximum atomic E-state index is 11.7. The molecule has 18 heavy (non-hydrogen) atoms. The lowest BCUT2D eigenvalue weighted by Crippen LogP contribution is -2.23. The van der Waals surface area contributed by atoms with Gasteiger partial charge in [-0.25, -0.2) is 4.98 Å². The lowest BCUT2D eigenvalue weighted by atomic mass is 10.4. The van der Waals surface area contributed by atoms with Crippen LogP contribution in [0.2, 0.25) is 0 Å². The lowest BCUT2D eigenvalue weighted by molar-refractivity contribution is 0.0943. The molecule has 94 valence electrons. The van der Waals surface area contributed by atoms with Gasteiger partial charge in [-0.1, -0.05) is 0 Å². The summed E-state index contributed by atoms with van der Waals surface area (Å²) < 4.78 is 5.31. The third kappa shape index (κ3) is 2.75. The Labute approximate surface area is 107 Å². The minimum Gasteiger partial charge on any atom is -0.465 e. The van der Waals surface area contributed by atoms with E-state index in [4.69, 9.17) is 10.2 Å². The molecule has 0 aliphatic carbocycles. The molecular formula is C11H11N3O3S. The molecule has 2 rings (SSSR count). The Hall–Kier alpha value is -2.15. The van der Waals surface area contributed by atoms with E-state index in [-0.39, 0.29) is 23.2 Å². The number of hydrogen-bond acceptors (Lipinski definition) is 5. The number of carbonyl (C=O) groups excluding carboxylic acids is 2. The number of hydrogen-bond donors (Lipinski definition) is 2. The van der Waals surface area contributed by atoms with Gasteiger partial charge in [-0.15, -0.1) is 11.3 Å². The van der Waals surface area contributed by atoms with E-state index in [1.807, 2.05) is 13.0 Å². The van der Waals surface area contributed by atoms with Gasteiger partial charge in [0.15, 0.2) is 5.01 Å². The van der Waals surface area contributed by atoms with Crippen molar-refractivity contribution in [1.82, 2.24) is 10.3 Å². The highest BCUT2D eigenvalue weighted by Crippen LogP contribution is 2.10. The summed E-state index contributed by atoms with van der Waals surface area (Å²) in [5.41, 5.74) is 5.24. The lowest BCUT2D eigenvalue weighted by Gasteiger charge is -1.99. The molecule has 0 unspecified atom stereocenters. The minimum atomic E-state index is -0.638. The van der Waals surface area contributed by atoms with Gasteiger partial charge >= 0.3 is 0 Å². The summed E-state index contributed by atoms with van der Waals surface area (Å²) in [6.07, 6.45) is 0.